The van der Waals surface area contributed by atoms with Crippen LogP contribution in [0, 0.1) is 5.92 Å². The molecule has 1 atom stereocenters. The summed E-state index contributed by atoms with van der Waals surface area (Å²) in [5, 5.41) is 13.9. The summed E-state index contributed by atoms with van der Waals surface area (Å²) in [6, 6.07) is 12.0. The van der Waals surface area contributed by atoms with Crippen molar-refractivity contribution in [3.05, 3.63) is 65.2 Å². The molecule has 44 heavy (non-hydrogen) atoms. The number of nitrogens with zero attached hydrogens (tertiary/aromatic N) is 1. The molecule has 3 rings (SSSR count). The molecule has 0 bridgehead atoms. The molecule has 0 radical (unpaired) electrons. The summed E-state index contributed by atoms with van der Waals surface area (Å²) in [6.07, 6.45) is 11.9. The number of carboxylic acids is 1. The van der Waals surface area contributed by atoms with Crippen molar-refractivity contribution < 1.29 is 32.7 Å². The third-order valence-corrected chi connectivity index (χ3v) is 8.42. The van der Waals surface area contributed by atoms with Gasteiger partial charge in [0.15, 0.2) is 6.61 Å². The van der Waals surface area contributed by atoms with E-state index < -0.39 is 30.4 Å². The predicted molar refractivity (Wildman–Crippen MR) is 167 cm³/mol. The molecule has 1 amide bonds. The van der Waals surface area contributed by atoms with Gasteiger partial charge in [0.2, 0.25) is 5.91 Å². The van der Waals surface area contributed by atoms with E-state index in [1.54, 1.807) is 5.06 Å². The van der Waals surface area contributed by atoms with E-state index in [9.17, 15) is 27.9 Å². The zero-order valence-corrected chi connectivity index (χ0v) is 26.0. The molecule has 0 heterocycles. The van der Waals surface area contributed by atoms with Gasteiger partial charge in [-0.3, -0.25) is 9.63 Å². The third kappa shape index (κ3) is 12.6. The number of carbonyl (C=O) groups is 2. The van der Waals surface area contributed by atoms with Gasteiger partial charge < -0.3 is 10.4 Å². The molecular weight excluding hydrogens is 569 g/mol. The van der Waals surface area contributed by atoms with Gasteiger partial charge in [0.25, 0.3) is 0 Å². The van der Waals surface area contributed by atoms with Crippen molar-refractivity contribution >= 4 is 17.6 Å². The van der Waals surface area contributed by atoms with Crippen LogP contribution >= 0.6 is 0 Å². The number of rotatable bonds is 20. The molecule has 9 heteroatoms. The van der Waals surface area contributed by atoms with Crippen molar-refractivity contribution in [3.63, 3.8) is 0 Å². The van der Waals surface area contributed by atoms with Gasteiger partial charge in [0, 0.05) is 18.7 Å². The minimum Gasteiger partial charge on any atom is -0.479 e. The Morgan fingerprint density at radius 2 is 1.45 bits per heavy atom. The lowest BCUT2D eigenvalue weighted by Crippen LogP contribution is -2.34. The van der Waals surface area contributed by atoms with Crippen LogP contribution in [0.25, 0.3) is 0 Å². The summed E-state index contributed by atoms with van der Waals surface area (Å²) < 4.78 is 39.7. The van der Waals surface area contributed by atoms with Crippen LogP contribution in [0.15, 0.2) is 48.5 Å². The molecule has 1 saturated carbocycles. The number of hydrogen-bond donors (Lipinski definition) is 2. The zero-order chi connectivity index (χ0) is 31.8. The number of carbonyl (C=O) groups excluding carboxylic acids is 1. The average molecular weight is 619 g/mol. The summed E-state index contributed by atoms with van der Waals surface area (Å²) in [4.78, 5) is 29.7. The van der Waals surface area contributed by atoms with Gasteiger partial charge >= 0.3 is 12.1 Å². The quantitative estimate of drug-likeness (QED) is 0.114. The first-order chi connectivity index (χ1) is 21.2. The lowest BCUT2D eigenvalue weighted by molar-refractivity contribution is -0.213. The highest BCUT2D eigenvalue weighted by atomic mass is 19.4. The van der Waals surface area contributed by atoms with Gasteiger partial charge in [-0.15, -0.1) is 0 Å². The molecule has 2 aromatic carbocycles. The fourth-order valence-corrected chi connectivity index (χ4v) is 6.05. The number of amides is 1. The number of anilines is 1. The Kier molecular flexibility index (Phi) is 15.2. The molecule has 0 saturated heterocycles. The van der Waals surface area contributed by atoms with Crippen molar-refractivity contribution in [2.75, 3.05) is 11.9 Å². The second kappa shape index (κ2) is 18.8. The SMILES string of the molecule is CCCCCCCCCCCCC(=O)Nc1ccc(CN(OCC(=O)O)C(c2ccc(C(F)(F)F)cc2)C2CCCC2)cc1. The maximum atomic E-state index is 13.2. The number of hydrogen-bond acceptors (Lipinski definition) is 4. The lowest BCUT2D eigenvalue weighted by Gasteiger charge is -2.35. The highest BCUT2D eigenvalue weighted by Gasteiger charge is 2.34. The highest BCUT2D eigenvalue weighted by molar-refractivity contribution is 5.90. The van der Waals surface area contributed by atoms with Crippen molar-refractivity contribution in [1.29, 1.82) is 0 Å². The number of aliphatic carboxylic acids is 1. The van der Waals surface area contributed by atoms with Crippen molar-refractivity contribution in [2.45, 2.75) is 122 Å². The second-order valence-electron chi connectivity index (χ2n) is 12.0. The van der Waals surface area contributed by atoms with Crippen LogP contribution in [0.5, 0.6) is 0 Å². The molecular formula is C35H49F3N2O4. The number of nitrogens with one attached hydrogen (secondary N) is 1. The predicted octanol–water partition coefficient (Wildman–Crippen LogP) is 9.70. The molecule has 1 aliphatic rings. The largest absolute Gasteiger partial charge is 0.479 e. The Balaban J connectivity index is 1.56. The third-order valence-electron chi connectivity index (χ3n) is 8.42. The second-order valence-corrected chi connectivity index (χ2v) is 12.0. The average Bonchev–Trinajstić information content (AvgIpc) is 3.52. The number of unbranched alkanes of at least 4 members (excludes halogenated alkanes) is 9. The summed E-state index contributed by atoms with van der Waals surface area (Å²) in [5.41, 5.74) is 1.44. The molecule has 1 unspecified atom stereocenters. The van der Waals surface area contributed by atoms with Gasteiger partial charge in [0.1, 0.15) is 0 Å². The highest BCUT2D eigenvalue weighted by Crippen LogP contribution is 2.41. The van der Waals surface area contributed by atoms with Crippen LogP contribution in [0.4, 0.5) is 18.9 Å². The van der Waals surface area contributed by atoms with Gasteiger partial charge in [-0.1, -0.05) is 102 Å². The van der Waals surface area contributed by atoms with E-state index in [1.165, 1.54) is 57.1 Å². The monoisotopic (exact) mass is 618 g/mol. The Morgan fingerprint density at radius 1 is 0.886 bits per heavy atom. The molecule has 1 fully saturated rings. The number of benzene rings is 2. The molecule has 1 aliphatic carbocycles. The molecule has 0 spiro atoms. The van der Waals surface area contributed by atoms with Gasteiger partial charge in [0.05, 0.1) is 11.6 Å². The van der Waals surface area contributed by atoms with E-state index in [4.69, 9.17) is 4.84 Å². The Hall–Kier alpha value is -2.91. The smallest absolute Gasteiger partial charge is 0.416 e. The van der Waals surface area contributed by atoms with Crippen molar-refractivity contribution in [1.82, 2.24) is 5.06 Å². The first kappa shape index (κ1) is 35.6. The number of alkyl halides is 3. The van der Waals surface area contributed by atoms with Crippen LogP contribution in [-0.2, 0) is 27.1 Å². The van der Waals surface area contributed by atoms with Crippen molar-refractivity contribution in [2.24, 2.45) is 5.92 Å². The van der Waals surface area contributed by atoms with Crippen LogP contribution in [-0.4, -0.2) is 28.7 Å². The summed E-state index contributed by atoms with van der Waals surface area (Å²) in [7, 11) is 0. The summed E-state index contributed by atoms with van der Waals surface area (Å²) in [6.45, 7) is 1.91. The van der Waals surface area contributed by atoms with E-state index in [0.29, 0.717) is 17.7 Å². The maximum Gasteiger partial charge on any atom is 0.416 e. The molecule has 0 aromatic heterocycles. The Labute approximate surface area is 260 Å². The van der Waals surface area contributed by atoms with Crippen LogP contribution in [0.1, 0.15) is 126 Å². The first-order valence-electron chi connectivity index (χ1n) is 16.3. The minimum atomic E-state index is -4.44. The van der Waals surface area contributed by atoms with Crippen LogP contribution < -0.4 is 5.32 Å². The lowest BCUT2D eigenvalue weighted by atomic mass is 9.90. The van der Waals surface area contributed by atoms with Gasteiger partial charge in [-0.05, 0) is 60.6 Å². The van der Waals surface area contributed by atoms with Crippen LogP contribution in [0.2, 0.25) is 0 Å². The maximum absolute atomic E-state index is 13.2. The Morgan fingerprint density at radius 3 is 2.00 bits per heavy atom. The van der Waals surface area contributed by atoms with E-state index in [0.717, 1.165) is 62.6 Å². The zero-order valence-electron chi connectivity index (χ0n) is 26.0. The standard InChI is InChI=1S/C35H49F3N2O4/c1-2-3-4-5-6-7-8-9-10-11-16-32(41)39-31-23-17-27(18-24-31)25-40(44-26-33(42)43)34(28-14-12-13-15-28)29-19-21-30(22-20-29)35(36,37)38/h17-24,28,34H,2-16,25-26H2,1H3,(H,39,41)(H,42,43). The van der Waals surface area contributed by atoms with Crippen molar-refractivity contribution in [3.8, 4) is 0 Å². The summed E-state index contributed by atoms with van der Waals surface area (Å²) in [5.74, 6) is -1.04. The first-order valence-corrected chi connectivity index (χ1v) is 16.3. The minimum absolute atomic E-state index is 0.0210. The molecule has 2 N–H and O–H groups in total. The summed E-state index contributed by atoms with van der Waals surface area (Å²) >= 11 is 0. The molecule has 2 aromatic rings. The number of carboxylic acid groups (broad SMARTS) is 1. The molecule has 0 aliphatic heterocycles. The van der Waals surface area contributed by atoms with Gasteiger partial charge in [-0.25, -0.2) is 4.79 Å². The molecule has 244 valence electrons. The van der Waals surface area contributed by atoms with E-state index in [-0.39, 0.29) is 18.4 Å². The fourth-order valence-electron chi connectivity index (χ4n) is 6.05. The molecule has 6 nitrogen and oxygen atoms in total. The Bertz CT molecular complexity index is 1120. The van der Waals surface area contributed by atoms with E-state index in [2.05, 4.69) is 12.2 Å². The van der Waals surface area contributed by atoms with Crippen LogP contribution in [0.3, 0.4) is 0 Å². The number of halogens is 3. The normalized spacial score (nSPS) is 14.7. The fraction of sp³-hybridized carbons (Fsp3) is 0.600. The number of hydroxylamine groups is 2. The topological polar surface area (TPSA) is 78.9 Å². The van der Waals surface area contributed by atoms with E-state index >= 15 is 0 Å². The van der Waals surface area contributed by atoms with Gasteiger partial charge in [-0.2, -0.15) is 18.2 Å². The van der Waals surface area contributed by atoms with E-state index in [1.807, 2.05) is 24.3 Å².